The van der Waals surface area contributed by atoms with Gasteiger partial charge in [0.25, 0.3) is 20.0 Å². The number of nitrogens with one attached hydrogen (secondary N) is 2. The molecular formula is C42H41ClN6O6S2. The van der Waals surface area contributed by atoms with Gasteiger partial charge in [-0.05, 0) is 58.4 Å². The number of rotatable bonds is 15. The van der Waals surface area contributed by atoms with E-state index in [0.29, 0.717) is 16.7 Å². The molecule has 6 aromatic rings. The summed E-state index contributed by atoms with van der Waals surface area (Å²) >= 11 is 6.24. The number of hydrogen-bond acceptors (Lipinski definition) is 10. The van der Waals surface area contributed by atoms with E-state index in [1.54, 1.807) is 12.1 Å². The summed E-state index contributed by atoms with van der Waals surface area (Å²) in [5, 5.41) is 11.5. The molecule has 0 atom stereocenters. The first kappa shape index (κ1) is 42.2. The molecule has 3 N–H and O–H groups in total. The number of hydrogen-bond donors (Lipinski definition) is 3. The van der Waals surface area contributed by atoms with Crippen LogP contribution in [0, 0.1) is 0 Å². The molecule has 15 heteroatoms. The number of aromatic nitrogens is 4. The summed E-state index contributed by atoms with van der Waals surface area (Å²) in [6, 6.07) is 33.6. The van der Waals surface area contributed by atoms with E-state index < -0.39 is 20.0 Å². The fourth-order valence-corrected chi connectivity index (χ4v) is 7.17. The topological polar surface area (TPSA) is 173 Å². The van der Waals surface area contributed by atoms with Crippen molar-refractivity contribution in [2.75, 3.05) is 22.7 Å². The molecule has 0 saturated heterocycles. The number of aryl methyl sites for hydroxylation is 2. The van der Waals surface area contributed by atoms with Crippen LogP contribution in [0.15, 0.2) is 133 Å². The predicted octanol–water partition coefficient (Wildman–Crippen LogP) is 8.26. The third-order valence-corrected chi connectivity index (χ3v) is 10.4. The van der Waals surface area contributed by atoms with Crippen LogP contribution in [-0.4, -0.2) is 55.1 Å². The van der Waals surface area contributed by atoms with Crippen molar-refractivity contribution in [1.29, 1.82) is 0 Å². The molecule has 0 amide bonds. The van der Waals surface area contributed by atoms with Crippen LogP contribution in [0.4, 0.5) is 11.6 Å². The number of ether oxygens (including phenoxy) is 1. The third-order valence-electron chi connectivity index (χ3n) is 8.20. The summed E-state index contributed by atoms with van der Waals surface area (Å²) < 4.78 is 60.7. The van der Waals surface area contributed by atoms with Gasteiger partial charge in [0.05, 0.1) is 28.5 Å². The van der Waals surface area contributed by atoms with Gasteiger partial charge in [0, 0.05) is 0 Å². The zero-order chi connectivity index (χ0) is 40.7. The van der Waals surface area contributed by atoms with E-state index in [2.05, 4.69) is 43.2 Å². The average Bonchev–Trinajstić information content (AvgIpc) is 3.22. The molecule has 6 rings (SSSR count). The lowest BCUT2D eigenvalue weighted by atomic mass is 10.0. The highest BCUT2D eigenvalue weighted by molar-refractivity contribution is 7.96. The maximum Gasteiger partial charge on any atom is 0.256 e. The average molecular weight is 825 g/mol. The highest BCUT2D eigenvalue weighted by atomic mass is 35.5. The molecule has 57 heavy (non-hydrogen) atoms. The van der Waals surface area contributed by atoms with E-state index in [9.17, 15) is 16.8 Å². The minimum absolute atomic E-state index is 0.0250. The molecule has 2 heterocycles. The van der Waals surface area contributed by atoms with Gasteiger partial charge < -0.3 is 9.84 Å². The Labute approximate surface area is 338 Å². The summed E-state index contributed by atoms with van der Waals surface area (Å²) in [5.74, 6) is 0.421. The molecule has 0 bridgehead atoms. The van der Waals surface area contributed by atoms with Crippen molar-refractivity contribution >= 4 is 55.4 Å². The van der Waals surface area contributed by atoms with Gasteiger partial charge in [-0.1, -0.05) is 135 Å². The molecule has 0 aliphatic rings. The van der Waals surface area contributed by atoms with Gasteiger partial charge in [-0.25, -0.2) is 36.8 Å². The monoisotopic (exact) mass is 824 g/mol. The maximum atomic E-state index is 12.6. The first-order valence-electron chi connectivity index (χ1n) is 17.8. The maximum absolute atomic E-state index is 12.6. The minimum atomic E-state index is -3.84. The van der Waals surface area contributed by atoms with Crippen molar-refractivity contribution in [3.8, 4) is 28.1 Å². The van der Waals surface area contributed by atoms with E-state index in [0.717, 1.165) is 45.9 Å². The van der Waals surface area contributed by atoms with Crippen molar-refractivity contribution in [2.24, 2.45) is 0 Å². The molecule has 0 fully saturated rings. The largest absolute Gasteiger partial charge is 0.475 e. The van der Waals surface area contributed by atoms with Gasteiger partial charge in [-0.2, -0.15) is 0 Å². The van der Waals surface area contributed by atoms with E-state index in [1.165, 1.54) is 30.4 Å². The summed E-state index contributed by atoms with van der Waals surface area (Å²) in [6.07, 6.45) is 7.25. The molecule has 0 unspecified atom stereocenters. The lowest BCUT2D eigenvalue weighted by Gasteiger charge is -2.14. The number of halogens is 1. The molecule has 0 radical (unpaired) electrons. The van der Waals surface area contributed by atoms with Gasteiger partial charge in [-0.15, -0.1) is 0 Å². The van der Waals surface area contributed by atoms with Gasteiger partial charge >= 0.3 is 0 Å². The number of nitrogens with zero attached hydrogens (tertiary/aromatic N) is 4. The highest BCUT2D eigenvalue weighted by Gasteiger charge is 2.19. The Bertz CT molecular complexity index is 2510. The van der Waals surface area contributed by atoms with Crippen LogP contribution < -0.4 is 14.2 Å². The molecule has 294 valence electrons. The van der Waals surface area contributed by atoms with Crippen LogP contribution >= 0.6 is 11.6 Å². The number of anilines is 2. The molecule has 12 nitrogen and oxygen atoms in total. The number of aliphatic hydroxyl groups excluding tert-OH is 1. The minimum Gasteiger partial charge on any atom is -0.475 e. The Kier molecular flexibility index (Phi) is 15.0. The fraction of sp³-hybridized carbons (Fsp3) is 0.143. The number of aliphatic hydroxyl groups is 1. The number of sulfonamides is 2. The molecule has 4 aromatic carbocycles. The highest BCUT2D eigenvalue weighted by Crippen LogP contribution is 2.35. The summed E-state index contributed by atoms with van der Waals surface area (Å²) in [7, 11) is -7.61. The van der Waals surface area contributed by atoms with Crippen molar-refractivity contribution in [3.63, 3.8) is 0 Å². The summed E-state index contributed by atoms with van der Waals surface area (Å²) in [4.78, 5) is 16.3. The van der Waals surface area contributed by atoms with Crippen LogP contribution in [0.2, 0.25) is 5.15 Å². The fourth-order valence-electron chi connectivity index (χ4n) is 5.27. The lowest BCUT2D eigenvalue weighted by Crippen LogP contribution is -2.13. The molecule has 2 aromatic heterocycles. The first-order valence-corrected chi connectivity index (χ1v) is 21.3. The van der Waals surface area contributed by atoms with Crippen LogP contribution in [-0.2, 0) is 32.9 Å². The van der Waals surface area contributed by atoms with Crippen molar-refractivity contribution in [1.82, 2.24) is 19.9 Å². The van der Waals surface area contributed by atoms with E-state index >= 15 is 0 Å². The van der Waals surface area contributed by atoms with Gasteiger partial charge in [-0.3, -0.25) is 9.44 Å². The second kappa shape index (κ2) is 20.3. The third kappa shape index (κ3) is 12.5. The quantitative estimate of drug-likeness (QED) is 0.0856. The SMILES string of the molecule is CCc1ccc(-c2c(Cl)ncnc2NS(=O)(=O)/C=C/c2ccccc2)cc1.CCc1ccc(-c2c(NS(=O)(=O)/C=C/c3ccccc3)ncnc2OCCO)cc1. The Morgan fingerprint density at radius 2 is 1.05 bits per heavy atom. The molecule has 0 saturated carbocycles. The van der Waals surface area contributed by atoms with Gasteiger partial charge in [0.15, 0.2) is 11.6 Å². The van der Waals surface area contributed by atoms with Gasteiger partial charge in [0.1, 0.15) is 24.4 Å². The summed E-state index contributed by atoms with van der Waals surface area (Å²) in [5.41, 5.74) is 6.13. The molecular weight excluding hydrogens is 784 g/mol. The zero-order valence-corrected chi connectivity index (χ0v) is 33.5. The lowest BCUT2D eigenvalue weighted by molar-refractivity contribution is 0.197. The standard InChI is InChI=1S/C22H23N3O4S.C20H18ClN3O2S/c1-2-17-8-10-19(11-9-17)20-21(23-16-24-22(20)29-14-13-26)25-30(27,28)15-12-18-6-4-3-5-7-18;1-2-15-8-10-17(11-9-15)18-19(21)22-14-23-20(18)24-27(25,26)13-12-16-6-4-3-5-7-16/h3-12,15-16,26H,2,13-14H2,1H3,(H,23,24,25);3-14H,2H2,1H3,(H,22,23,24)/b15-12+;13-12+. The molecule has 0 aliphatic carbocycles. The van der Waals surface area contributed by atoms with Crippen molar-refractivity contribution in [2.45, 2.75) is 26.7 Å². The first-order chi connectivity index (χ1) is 27.5. The van der Waals surface area contributed by atoms with Crippen molar-refractivity contribution < 1.29 is 26.7 Å². The number of benzene rings is 4. The van der Waals surface area contributed by atoms with Crippen LogP contribution in [0.25, 0.3) is 34.4 Å². The van der Waals surface area contributed by atoms with Crippen LogP contribution in [0.5, 0.6) is 5.88 Å². The van der Waals surface area contributed by atoms with E-state index in [4.69, 9.17) is 21.4 Å². The van der Waals surface area contributed by atoms with Gasteiger partial charge in [0.2, 0.25) is 5.88 Å². The van der Waals surface area contributed by atoms with E-state index in [-0.39, 0.29) is 35.9 Å². The Morgan fingerprint density at radius 1 is 0.614 bits per heavy atom. The second-order valence-electron chi connectivity index (χ2n) is 12.2. The summed E-state index contributed by atoms with van der Waals surface area (Å²) in [6.45, 7) is 3.94. The Hall–Kier alpha value is -5.93. The second-order valence-corrected chi connectivity index (χ2v) is 15.7. The van der Waals surface area contributed by atoms with Crippen LogP contribution in [0.3, 0.4) is 0 Å². The van der Waals surface area contributed by atoms with Crippen molar-refractivity contribution in [3.05, 3.63) is 160 Å². The predicted molar refractivity (Wildman–Crippen MR) is 227 cm³/mol. The Morgan fingerprint density at radius 3 is 1.51 bits per heavy atom. The molecule has 0 spiro atoms. The normalized spacial score (nSPS) is 11.6. The van der Waals surface area contributed by atoms with Crippen LogP contribution in [0.1, 0.15) is 36.1 Å². The Balaban J connectivity index is 0.000000219. The zero-order valence-electron chi connectivity index (χ0n) is 31.2. The molecule has 0 aliphatic heterocycles. The van der Waals surface area contributed by atoms with E-state index in [1.807, 2.05) is 97.1 Å². The smallest absolute Gasteiger partial charge is 0.256 e.